The van der Waals surface area contributed by atoms with E-state index in [-0.39, 0.29) is 12.1 Å². The maximum atomic E-state index is 6.22. The Kier molecular flexibility index (Phi) is 5.96. The molecule has 0 amide bonds. The van der Waals surface area contributed by atoms with Gasteiger partial charge >= 0.3 is 0 Å². The van der Waals surface area contributed by atoms with Gasteiger partial charge in [0.15, 0.2) is 0 Å². The minimum atomic E-state index is -0.0187. The fourth-order valence-corrected chi connectivity index (χ4v) is 2.25. The molecule has 96 valence electrons. The molecule has 0 aromatic heterocycles. The van der Waals surface area contributed by atoms with Crippen molar-refractivity contribution in [1.29, 1.82) is 0 Å². The monoisotopic (exact) mass is 255 g/mol. The highest BCUT2D eigenvalue weighted by Crippen LogP contribution is 2.19. The van der Waals surface area contributed by atoms with Crippen LogP contribution in [0.15, 0.2) is 24.3 Å². The van der Waals surface area contributed by atoms with Gasteiger partial charge in [-0.15, -0.1) is 0 Å². The van der Waals surface area contributed by atoms with Crippen LogP contribution in [0.2, 0.25) is 5.02 Å². The second-order valence-corrected chi connectivity index (χ2v) is 5.03. The molecule has 1 rings (SSSR count). The molecule has 0 saturated carbocycles. The molecule has 17 heavy (non-hydrogen) atoms. The molecule has 1 aromatic carbocycles. The quantitative estimate of drug-likeness (QED) is 0.847. The number of rotatable bonds is 6. The lowest BCUT2D eigenvalue weighted by atomic mass is 9.94. The van der Waals surface area contributed by atoms with Crippen molar-refractivity contribution in [1.82, 2.24) is 0 Å². The van der Waals surface area contributed by atoms with Gasteiger partial charge < -0.3 is 10.5 Å². The molecule has 0 aliphatic rings. The van der Waals surface area contributed by atoms with Gasteiger partial charge in [0.25, 0.3) is 0 Å². The van der Waals surface area contributed by atoms with Crippen LogP contribution < -0.4 is 5.73 Å². The zero-order chi connectivity index (χ0) is 12.8. The maximum Gasteiger partial charge on any atom is 0.0751 e. The molecule has 3 heteroatoms. The van der Waals surface area contributed by atoms with Crippen molar-refractivity contribution in [3.63, 3.8) is 0 Å². The first kappa shape index (κ1) is 14.5. The first-order valence-electron chi connectivity index (χ1n) is 6.16. The van der Waals surface area contributed by atoms with Gasteiger partial charge in [-0.05, 0) is 30.9 Å². The molecule has 0 fully saturated rings. The number of halogens is 1. The van der Waals surface area contributed by atoms with E-state index in [9.17, 15) is 0 Å². The minimum Gasteiger partial charge on any atom is -0.377 e. The molecule has 0 radical (unpaired) electrons. The number of hydrogen-bond donors (Lipinski definition) is 1. The van der Waals surface area contributed by atoms with E-state index >= 15 is 0 Å². The molecule has 0 bridgehead atoms. The summed E-state index contributed by atoms with van der Waals surface area (Å²) >= 11 is 6.13. The Labute approximate surface area is 109 Å². The summed E-state index contributed by atoms with van der Waals surface area (Å²) in [6.45, 7) is 6.95. The minimum absolute atomic E-state index is 0.0187. The molecule has 0 aliphatic heterocycles. The van der Waals surface area contributed by atoms with Crippen molar-refractivity contribution in [3.8, 4) is 0 Å². The lowest BCUT2D eigenvalue weighted by Gasteiger charge is -2.27. The smallest absolute Gasteiger partial charge is 0.0751 e. The van der Waals surface area contributed by atoms with Gasteiger partial charge in [-0.25, -0.2) is 0 Å². The van der Waals surface area contributed by atoms with Crippen molar-refractivity contribution in [2.75, 3.05) is 6.61 Å². The average molecular weight is 256 g/mol. The number of benzene rings is 1. The van der Waals surface area contributed by atoms with E-state index < -0.39 is 0 Å². The van der Waals surface area contributed by atoms with E-state index in [1.807, 2.05) is 31.2 Å². The van der Waals surface area contributed by atoms with Crippen LogP contribution in [0.5, 0.6) is 0 Å². The zero-order valence-corrected chi connectivity index (χ0v) is 11.6. The standard InChI is InChI=1S/C14H22ClNO/c1-4-17-14(10(2)3)13(16)9-11-7-5-6-8-12(11)15/h5-8,10,13-14H,4,9,16H2,1-3H3. The molecule has 0 spiro atoms. The van der Waals surface area contributed by atoms with Gasteiger partial charge in [0.1, 0.15) is 0 Å². The summed E-state index contributed by atoms with van der Waals surface area (Å²) in [6.07, 6.45) is 0.832. The molecule has 2 atom stereocenters. The summed E-state index contributed by atoms with van der Waals surface area (Å²) in [5, 5.41) is 0.780. The highest BCUT2D eigenvalue weighted by molar-refractivity contribution is 6.31. The van der Waals surface area contributed by atoms with Crippen LogP contribution in [0.4, 0.5) is 0 Å². The second kappa shape index (κ2) is 7.00. The fraction of sp³-hybridized carbons (Fsp3) is 0.571. The normalized spacial score (nSPS) is 14.9. The lowest BCUT2D eigenvalue weighted by Crippen LogP contribution is -2.42. The highest BCUT2D eigenvalue weighted by atomic mass is 35.5. The van der Waals surface area contributed by atoms with Gasteiger partial charge in [0, 0.05) is 17.7 Å². The van der Waals surface area contributed by atoms with E-state index in [2.05, 4.69) is 13.8 Å². The first-order valence-corrected chi connectivity index (χ1v) is 6.54. The second-order valence-electron chi connectivity index (χ2n) is 4.62. The van der Waals surface area contributed by atoms with Crippen molar-refractivity contribution >= 4 is 11.6 Å². The molecule has 0 heterocycles. The topological polar surface area (TPSA) is 35.2 Å². The van der Waals surface area contributed by atoms with E-state index in [1.54, 1.807) is 0 Å². The first-order chi connectivity index (χ1) is 8.06. The largest absolute Gasteiger partial charge is 0.377 e. The Morgan fingerprint density at radius 1 is 1.29 bits per heavy atom. The number of hydrogen-bond acceptors (Lipinski definition) is 2. The predicted molar refractivity (Wildman–Crippen MR) is 73.4 cm³/mol. The van der Waals surface area contributed by atoms with Crippen LogP contribution >= 0.6 is 11.6 Å². The van der Waals surface area contributed by atoms with Crippen molar-refractivity contribution in [2.24, 2.45) is 11.7 Å². The molecular formula is C14H22ClNO. The maximum absolute atomic E-state index is 6.22. The van der Waals surface area contributed by atoms with Crippen LogP contribution in [0.3, 0.4) is 0 Å². The molecular weight excluding hydrogens is 234 g/mol. The summed E-state index contributed by atoms with van der Waals surface area (Å²) in [5.41, 5.74) is 7.31. The van der Waals surface area contributed by atoms with Gasteiger partial charge in [-0.3, -0.25) is 0 Å². The highest BCUT2D eigenvalue weighted by Gasteiger charge is 2.22. The third kappa shape index (κ3) is 4.30. The van der Waals surface area contributed by atoms with Crippen molar-refractivity contribution < 1.29 is 4.74 Å². The Balaban J connectivity index is 2.69. The summed E-state index contributed by atoms with van der Waals surface area (Å²) < 4.78 is 5.71. The average Bonchev–Trinajstić information content (AvgIpc) is 2.28. The Hall–Kier alpha value is -0.570. The van der Waals surface area contributed by atoms with Gasteiger partial charge in [0.2, 0.25) is 0 Å². The summed E-state index contributed by atoms with van der Waals surface area (Å²) in [6, 6.07) is 7.81. The van der Waals surface area contributed by atoms with Crippen LogP contribution in [0, 0.1) is 5.92 Å². The summed E-state index contributed by atoms with van der Waals surface area (Å²) in [7, 11) is 0. The molecule has 0 saturated heterocycles. The lowest BCUT2D eigenvalue weighted by molar-refractivity contribution is 0.0128. The van der Waals surface area contributed by atoms with E-state index in [4.69, 9.17) is 22.1 Å². The number of ether oxygens (including phenoxy) is 1. The van der Waals surface area contributed by atoms with Crippen molar-refractivity contribution in [3.05, 3.63) is 34.9 Å². The van der Waals surface area contributed by atoms with Crippen LogP contribution in [0.25, 0.3) is 0 Å². The fourth-order valence-electron chi connectivity index (χ4n) is 2.04. The zero-order valence-electron chi connectivity index (χ0n) is 10.8. The van der Waals surface area contributed by atoms with Gasteiger partial charge in [-0.1, -0.05) is 43.6 Å². The van der Waals surface area contributed by atoms with Gasteiger partial charge in [0.05, 0.1) is 6.10 Å². The molecule has 2 unspecified atom stereocenters. The van der Waals surface area contributed by atoms with E-state index in [0.717, 1.165) is 17.0 Å². The summed E-state index contributed by atoms with van der Waals surface area (Å²) in [4.78, 5) is 0. The Bertz CT molecular complexity index is 341. The Morgan fingerprint density at radius 3 is 2.47 bits per heavy atom. The third-order valence-electron chi connectivity index (χ3n) is 2.85. The number of nitrogens with two attached hydrogens (primary N) is 1. The SMILES string of the molecule is CCOC(C(C)C)C(N)Cc1ccccc1Cl. The van der Waals surface area contributed by atoms with Crippen LogP contribution in [0.1, 0.15) is 26.3 Å². The molecule has 1 aromatic rings. The van der Waals surface area contributed by atoms with E-state index in [1.165, 1.54) is 0 Å². The molecule has 0 aliphatic carbocycles. The molecule has 2 nitrogen and oxygen atoms in total. The summed E-state index contributed by atoms with van der Waals surface area (Å²) in [5.74, 6) is 0.410. The van der Waals surface area contributed by atoms with Crippen LogP contribution in [-0.4, -0.2) is 18.8 Å². The van der Waals surface area contributed by atoms with Gasteiger partial charge in [-0.2, -0.15) is 0 Å². The van der Waals surface area contributed by atoms with Crippen molar-refractivity contribution in [2.45, 2.75) is 39.3 Å². The molecule has 2 N–H and O–H groups in total. The van der Waals surface area contributed by atoms with Crippen LogP contribution in [-0.2, 0) is 11.2 Å². The Morgan fingerprint density at radius 2 is 1.94 bits per heavy atom. The third-order valence-corrected chi connectivity index (χ3v) is 3.22. The predicted octanol–water partition coefficient (Wildman–Crippen LogP) is 3.27. The van der Waals surface area contributed by atoms with E-state index in [0.29, 0.717) is 12.5 Å².